The van der Waals surface area contributed by atoms with Gasteiger partial charge in [0, 0.05) is 32.1 Å². The van der Waals surface area contributed by atoms with Gasteiger partial charge in [0.2, 0.25) is 11.8 Å². The minimum absolute atomic E-state index is 0.0189. The lowest BCUT2D eigenvalue weighted by molar-refractivity contribution is -0.135. The first-order valence-electron chi connectivity index (χ1n) is 8.93. The van der Waals surface area contributed by atoms with Crippen LogP contribution in [0.2, 0.25) is 0 Å². The molecule has 0 saturated carbocycles. The van der Waals surface area contributed by atoms with E-state index in [0.29, 0.717) is 19.5 Å². The third-order valence-electron chi connectivity index (χ3n) is 4.95. The first kappa shape index (κ1) is 18.5. The smallest absolute Gasteiger partial charge is 0.227 e. The normalized spacial score (nSPS) is 15.6. The van der Waals surface area contributed by atoms with E-state index in [4.69, 9.17) is 0 Å². The monoisotopic (exact) mass is 330 g/mol. The lowest BCUT2D eigenvalue weighted by atomic mass is 9.98. The van der Waals surface area contributed by atoms with E-state index in [1.54, 1.807) is 0 Å². The second-order valence-electron chi connectivity index (χ2n) is 7.25. The van der Waals surface area contributed by atoms with Gasteiger partial charge in [0.25, 0.3) is 0 Å². The molecule has 1 fully saturated rings. The van der Waals surface area contributed by atoms with Crippen LogP contribution in [0, 0.1) is 26.7 Å². The Labute approximate surface area is 145 Å². The first-order valence-corrected chi connectivity index (χ1v) is 8.93. The van der Waals surface area contributed by atoms with Crippen LogP contribution in [0.5, 0.6) is 0 Å². The second kappa shape index (κ2) is 7.82. The van der Waals surface area contributed by atoms with Crippen molar-refractivity contribution in [2.75, 3.05) is 26.2 Å². The highest BCUT2D eigenvalue weighted by Crippen LogP contribution is 2.17. The average molecular weight is 330 g/mol. The third kappa shape index (κ3) is 4.37. The topological polar surface area (TPSA) is 40.6 Å². The standard InChI is InChI=1S/C20H30N2O2/c1-14(2)20(24)22-8-6-7-21(9-10-22)19(23)13-18-12-16(4)15(3)11-17(18)5/h11-12,14H,6-10,13H2,1-5H3. The second-order valence-corrected chi connectivity index (χ2v) is 7.25. The average Bonchev–Trinajstić information content (AvgIpc) is 2.77. The number of nitrogens with zero attached hydrogens (tertiary/aromatic N) is 2. The van der Waals surface area contributed by atoms with Gasteiger partial charge in [-0.25, -0.2) is 0 Å². The largest absolute Gasteiger partial charge is 0.341 e. The Kier molecular flexibility index (Phi) is 6.03. The number of amides is 2. The Hall–Kier alpha value is -1.84. The van der Waals surface area contributed by atoms with Crippen LogP contribution >= 0.6 is 0 Å². The number of aryl methyl sites for hydroxylation is 3. The lowest BCUT2D eigenvalue weighted by Gasteiger charge is -2.24. The molecule has 0 bridgehead atoms. The highest BCUT2D eigenvalue weighted by atomic mass is 16.2. The summed E-state index contributed by atoms with van der Waals surface area (Å²) < 4.78 is 0. The molecule has 24 heavy (non-hydrogen) atoms. The lowest BCUT2D eigenvalue weighted by Crippen LogP contribution is -2.39. The van der Waals surface area contributed by atoms with E-state index in [1.807, 2.05) is 23.6 Å². The van der Waals surface area contributed by atoms with Gasteiger partial charge in [-0.15, -0.1) is 0 Å². The van der Waals surface area contributed by atoms with Gasteiger partial charge in [-0.3, -0.25) is 9.59 Å². The van der Waals surface area contributed by atoms with Crippen LogP contribution in [-0.2, 0) is 16.0 Å². The molecule has 1 saturated heterocycles. The zero-order valence-electron chi connectivity index (χ0n) is 15.7. The maximum absolute atomic E-state index is 12.7. The summed E-state index contributed by atoms with van der Waals surface area (Å²) in [4.78, 5) is 28.7. The molecule has 1 aromatic rings. The van der Waals surface area contributed by atoms with E-state index in [9.17, 15) is 9.59 Å². The summed E-state index contributed by atoms with van der Waals surface area (Å²) in [5, 5.41) is 0. The summed E-state index contributed by atoms with van der Waals surface area (Å²) in [6.07, 6.45) is 1.31. The number of hydrogen-bond donors (Lipinski definition) is 0. The van der Waals surface area contributed by atoms with Crippen LogP contribution in [0.25, 0.3) is 0 Å². The van der Waals surface area contributed by atoms with Gasteiger partial charge < -0.3 is 9.80 Å². The van der Waals surface area contributed by atoms with Crippen LogP contribution in [-0.4, -0.2) is 47.8 Å². The Morgan fingerprint density at radius 1 is 0.917 bits per heavy atom. The van der Waals surface area contributed by atoms with Crippen molar-refractivity contribution in [1.29, 1.82) is 0 Å². The van der Waals surface area contributed by atoms with E-state index < -0.39 is 0 Å². The molecule has 2 amide bonds. The molecule has 1 aromatic carbocycles. The molecule has 0 N–H and O–H groups in total. The minimum Gasteiger partial charge on any atom is -0.341 e. The van der Waals surface area contributed by atoms with Crippen LogP contribution in [0.3, 0.4) is 0 Å². The van der Waals surface area contributed by atoms with E-state index in [0.717, 1.165) is 25.1 Å². The van der Waals surface area contributed by atoms with Gasteiger partial charge in [-0.1, -0.05) is 26.0 Å². The third-order valence-corrected chi connectivity index (χ3v) is 4.95. The molecule has 132 valence electrons. The maximum atomic E-state index is 12.7. The molecule has 2 rings (SSSR count). The molecule has 0 aromatic heterocycles. The molecule has 1 aliphatic rings. The first-order chi connectivity index (χ1) is 11.3. The number of benzene rings is 1. The van der Waals surface area contributed by atoms with Crippen molar-refractivity contribution in [2.45, 2.75) is 47.5 Å². The fourth-order valence-electron chi connectivity index (χ4n) is 3.24. The fraction of sp³-hybridized carbons (Fsp3) is 0.600. The quantitative estimate of drug-likeness (QED) is 0.855. The van der Waals surface area contributed by atoms with Crippen molar-refractivity contribution >= 4 is 11.8 Å². The highest BCUT2D eigenvalue weighted by Gasteiger charge is 2.23. The van der Waals surface area contributed by atoms with Gasteiger partial charge in [0.15, 0.2) is 0 Å². The molecule has 0 spiro atoms. The van der Waals surface area contributed by atoms with Crippen LogP contribution in [0.4, 0.5) is 0 Å². The van der Waals surface area contributed by atoms with Gasteiger partial charge in [-0.2, -0.15) is 0 Å². The predicted molar refractivity (Wildman–Crippen MR) is 97.0 cm³/mol. The van der Waals surface area contributed by atoms with Crippen LogP contribution in [0.1, 0.15) is 42.5 Å². The minimum atomic E-state index is 0.0189. The van der Waals surface area contributed by atoms with E-state index in [-0.39, 0.29) is 17.7 Å². The van der Waals surface area contributed by atoms with Crippen molar-refractivity contribution in [3.63, 3.8) is 0 Å². The Morgan fingerprint density at radius 2 is 1.50 bits per heavy atom. The maximum Gasteiger partial charge on any atom is 0.227 e. The molecule has 4 heteroatoms. The van der Waals surface area contributed by atoms with Crippen molar-refractivity contribution in [3.8, 4) is 0 Å². The number of hydrogen-bond acceptors (Lipinski definition) is 2. The number of carbonyl (C=O) groups is 2. The highest BCUT2D eigenvalue weighted by molar-refractivity contribution is 5.80. The van der Waals surface area contributed by atoms with Crippen molar-refractivity contribution in [1.82, 2.24) is 9.80 Å². The van der Waals surface area contributed by atoms with E-state index in [1.165, 1.54) is 16.7 Å². The van der Waals surface area contributed by atoms with Crippen LogP contribution < -0.4 is 0 Å². The van der Waals surface area contributed by atoms with Gasteiger partial charge in [0.05, 0.1) is 6.42 Å². The van der Waals surface area contributed by atoms with Gasteiger partial charge in [-0.05, 0) is 49.4 Å². The van der Waals surface area contributed by atoms with Crippen LogP contribution in [0.15, 0.2) is 12.1 Å². The summed E-state index contributed by atoms with van der Waals surface area (Å²) in [5.41, 5.74) is 4.79. The summed E-state index contributed by atoms with van der Waals surface area (Å²) in [6, 6.07) is 4.29. The van der Waals surface area contributed by atoms with Crippen molar-refractivity contribution in [2.24, 2.45) is 5.92 Å². The fourth-order valence-corrected chi connectivity index (χ4v) is 3.24. The molecular formula is C20H30N2O2. The van der Waals surface area contributed by atoms with Crippen molar-refractivity contribution < 1.29 is 9.59 Å². The number of rotatable bonds is 3. The molecule has 0 radical (unpaired) electrons. The molecule has 1 heterocycles. The molecule has 0 atom stereocenters. The Bertz CT molecular complexity index is 622. The number of carbonyl (C=O) groups excluding carboxylic acids is 2. The molecule has 4 nitrogen and oxygen atoms in total. The van der Waals surface area contributed by atoms with Gasteiger partial charge >= 0.3 is 0 Å². The molecule has 0 aliphatic carbocycles. The summed E-state index contributed by atoms with van der Waals surface area (Å²) in [5.74, 6) is 0.375. The van der Waals surface area contributed by atoms with Crippen molar-refractivity contribution in [3.05, 3.63) is 34.4 Å². The predicted octanol–water partition coefficient (Wildman–Crippen LogP) is 2.87. The molecule has 0 unspecified atom stereocenters. The zero-order valence-corrected chi connectivity index (χ0v) is 15.7. The summed E-state index contributed by atoms with van der Waals surface area (Å²) in [7, 11) is 0. The Balaban J connectivity index is 2.01. The Morgan fingerprint density at radius 3 is 2.17 bits per heavy atom. The van der Waals surface area contributed by atoms with Gasteiger partial charge in [0.1, 0.15) is 0 Å². The molecular weight excluding hydrogens is 300 g/mol. The summed E-state index contributed by atoms with van der Waals surface area (Å²) in [6.45, 7) is 12.9. The summed E-state index contributed by atoms with van der Waals surface area (Å²) >= 11 is 0. The van der Waals surface area contributed by atoms with E-state index >= 15 is 0 Å². The van der Waals surface area contributed by atoms with E-state index in [2.05, 4.69) is 32.9 Å². The SMILES string of the molecule is Cc1cc(C)c(CC(=O)N2CCCN(C(=O)C(C)C)CC2)cc1C. The molecule has 1 aliphatic heterocycles. The zero-order chi connectivity index (χ0) is 17.9.